The van der Waals surface area contributed by atoms with Gasteiger partial charge in [0, 0.05) is 24.0 Å². The SMILES string of the molecule is CC1C(Br)CCCN1CC1CCOC1. The Kier molecular flexibility index (Phi) is 3.86. The third kappa shape index (κ3) is 2.50. The van der Waals surface area contributed by atoms with Crippen LogP contribution in [0.25, 0.3) is 0 Å². The number of hydrogen-bond donors (Lipinski definition) is 0. The Labute approximate surface area is 95.1 Å². The number of ether oxygens (including phenoxy) is 1. The Morgan fingerprint density at radius 3 is 3.00 bits per heavy atom. The topological polar surface area (TPSA) is 12.5 Å². The van der Waals surface area contributed by atoms with Crippen LogP contribution < -0.4 is 0 Å². The molecular formula is C11H20BrNO. The highest BCUT2D eigenvalue weighted by atomic mass is 79.9. The van der Waals surface area contributed by atoms with E-state index < -0.39 is 0 Å². The van der Waals surface area contributed by atoms with Crippen LogP contribution >= 0.6 is 15.9 Å². The maximum atomic E-state index is 5.42. The number of rotatable bonds is 2. The van der Waals surface area contributed by atoms with Gasteiger partial charge >= 0.3 is 0 Å². The molecule has 0 N–H and O–H groups in total. The van der Waals surface area contributed by atoms with Gasteiger partial charge in [-0.3, -0.25) is 4.90 Å². The Morgan fingerprint density at radius 1 is 1.43 bits per heavy atom. The number of piperidine rings is 1. The van der Waals surface area contributed by atoms with Crippen LogP contribution in [0.3, 0.4) is 0 Å². The zero-order valence-corrected chi connectivity index (χ0v) is 10.5. The van der Waals surface area contributed by atoms with Crippen LogP contribution in [0.4, 0.5) is 0 Å². The highest BCUT2D eigenvalue weighted by Gasteiger charge is 2.28. The predicted molar refractivity (Wildman–Crippen MR) is 61.9 cm³/mol. The molecule has 0 amide bonds. The first-order chi connectivity index (χ1) is 6.77. The van der Waals surface area contributed by atoms with Gasteiger partial charge in [-0.25, -0.2) is 0 Å². The summed E-state index contributed by atoms with van der Waals surface area (Å²) in [5.41, 5.74) is 0. The van der Waals surface area contributed by atoms with Crippen LogP contribution in [-0.2, 0) is 4.74 Å². The largest absolute Gasteiger partial charge is 0.381 e. The lowest BCUT2D eigenvalue weighted by molar-refractivity contribution is 0.128. The number of nitrogens with zero attached hydrogens (tertiary/aromatic N) is 1. The zero-order valence-electron chi connectivity index (χ0n) is 8.92. The second-order valence-corrected chi connectivity index (χ2v) is 5.80. The summed E-state index contributed by atoms with van der Waals surface area (Å²) in [6, 6.07) is 0.698. The molecule has 0 bridgehead atoms. The van der Waals surface area contributed by atoms with Crippen LogP contribution in [0.1, 0.15) is 26.2 Å². The Balaban J connectivity index is 1.83. The maximum Gasteiger partial charge on any atom is 0.0507 e. The van der Waals surface area contributed by atoms with E-state index in [1.165, 1.54) is 32.4 Å². The van der Waals surface area contributed by atoms with E-state index in [1.807, 2.05) is 0 Å². The molecule has 82 valence electrons. The van der Waals surface area contributed by atoms with E-state index in [4.69, 9.17) is 4.74 Å². The third-order valence-corrected chi connectivity index (χ3v) is 4.76. The minimum atomic E-state index is 0.693. The van der Waals surface area contributed by atoms with Crippen LogP contribution in [0.2, 0.25) is 0 Å². The van der Waals surface area contributed by atoms with Gasteiger partial charge in [0.15, 0.2) is 0 Å². The number of likely N-dealkylation sites (tertiary alicyclic amines) is 1. The molecule has 0 aromatic heterocycles. The van der Waals surface area contributed by atoms with E-state index in [1.54, 1.807) is 0 Å². The van der Waals surface area contributed by atoms with Gasteiger partial charge in [-0.1, -0.05) is 15.9 Å². The van der Waals surface area contributed by atoms with Gasteiger partial charge in [-0.2, -0.15) is 0 Å². The molecule has 2 fully saturated rings. The average Bonchev–Trinajstić information content (AvgIpc) is 2.66. The summed E-state index contributed by atoms with van der Waals surface area (Å²) < 4.78 is 5.42. The Bertz CT molecular complexity index is 182. The van der Waals surface area contributed by atoms with E-state index in [9.17, 15) is 0 Å². The summed E-state index contributed by atoms with van der Waals surface area (Å²) >= 11 is 3.77. The summed E-state index contributed by atoms with van der Waals surface area (Å²) in [6.07, 6.45) is 3.93. The van der Waals surface area contributed by atoms with Crippen molar-refractivity contribution < 1.29 is 4.74 Å². The van der Waals surface area contributed by atoms with Gasteiger partial charge in [-0.05, 0) is 38.6 Å². The van der Waals surface area contributed by atoms with Crippen LogP contribution in [-0.4, -0.2) is 42.1 Å². The molecule has 0 aromatic carbocycles. The van der Waals surface area contributed by atoms with Gasteiger partial charge in [0.05, 0.1) is 6.61 Å². The van der Waals surface area contributed by atoms with E-state index in [0.717, 1.165) is 19.1 Å². The van der Waals surface area contributed by atoms with Crippen molar-refractivity contribution in [3.8, 4) is 0 Å². The lowest BCUT2D eigenvalue weighted by atomic mass is 10.0. The minimum absolute atomic E-state index is 0.693. The molecule has 0 aromatic rings. The van der Waals surface area contributed by atoms with Gasteiger partial charge < -0.3 is 4.74 Å². The fourth-order valence-electron chi connectivity index (χ4n) is 2.48. The molecule has 0 radical (unpaired) electrons. The summed E-state index contributed by atoms with van der Waals surface area (Å²) in [7, 11) is 0. The molecular weight excluding hydrogens is 242 g/mol. The lowest BCUT2D eigenvalue weighted by Crippen LogP contribution is -2.46. The summed E-state index contributed by atoms with van der Waals surface area (Å²) in [6.45, 7) is 6.82. The molecule has 0 aliphatic carbocycles. The second-order valence-electron chi connectivity index (χ2n) is 4.62. The normalized spacial score (nSPS) is 40.3. The van der Waals surface area contributed by atoms with Gasteiger partial charge in [0.2, 0.25) is 0 Å². The molecule has 2 aliphatic heterocycles. The molecule has 3 atom stereocenters. The van der Waals surface area contributed by atoms with Crippen molar-refractivity contribution in [1.29, 1.82) is 0 Å². The van der Waals surface area contributed by atoms with Crippen LogP contribution in [0.15, 0.2) is 0 Å². The molecule has 0 saturated carbocycles. The monoisotopic (exact) mass is 261 g/mol. The Hall–Kier alpha value is 0.400. The van der Waals surface area contributed by atoms with E-state index in [2.05, 4.69) is 27.8 Å². The number of halogens is 1. The van der Waals surface area contributed by atoms with Gasteiger partial charge in [-0.15, -0.1) is 0 Å². The van der Waals surface area contributed by atoms with E-state index in [0.29, 0.717) is 10.9 Å². The summed E-state index contributed by atoms with van der Waals surface area (Å²) in [5.74, 6) is 0.787. The second kappa shape index (κ2) is 4.95. The molecule has 2 saturated heterocycles. The van der Waals surface area contributed by atoms with Gasteiger partial charge in [0.25, 0.3) is 0 Å². The number of hydrogen-bond acceptors (Lipinski definition) is 2. The lowest BCUT2D eigenvalue weighted by Gasteiger charge is -2.38. The molecule has 2 heterocycles. The van der Waals surface area contributed by atoms with Crippen molar-refractivity contribution in [3.63, 3.8) is 0 Å². The fourth-order valence-corrected chi connectivity index (χ4v) is 3.14. The van der Waals surface area contributed by atoms with Crippen molar-refractivity contribution in [2.24, 2.45) is 5.92 Å². The van der Waals surface area contributed by atoms with Crippen LogP contribution in [0, 0.1) is 5.92 Å². The fraction of sp³-hybridized carbons (Fsp3) is 1.00. The van der Waals surface area contributed by atoms with Crippen LogP contribution in [0.5, 0.6) is 0 Å². The first kappa shape index (κ1) is 10.9. The molecule has 0 spiro atoms. The first-order valence-corrected chi connectivity index (χ1v) is 6.65. The highest BCUT2D eigenvalue weighted by Crippen LogP contribution is 2.25. The predicted octanol–water partition coefficient (Wildman–Crippen LogP) is 2.27. The van der Waals surface area contributed by atoms with Crippen molar-refractivity contribution in [1.82, 2.24) is 4.90 Å². The summed E-state index contributed by atoms with van der Waals surface area (Å²) in [5, 5.41) is 0. The molecule has 2 rings (SSSR count). The first-order valence-electron chi connectivity index (χ1n) is 5.73. The highest BCUT2D eigenvalue weighted by molar-refractivity contribution is 9.09. The van der Waals surface area contributed by atoms with Crippen molar-refractivity contribution >= 4 is 15.9 Å². The average molecular weight is 262 g/mol. The van der Waals surface area contributed by atoms with Crippen molar-refractivity contribution in [2.45, 2.75) is 37.1 Å². The quantitative estimate of drug-likeness (QED) is 0.708. The molecule has 3 heteroatoms. The van der Waals surface area contributed by atoms with Gasteiger partial charge in [0.1, 0.15) is 0 Å². The maximum absolute atomic E-state index is 5.42. The Morgan fingerprint density at radius 2 is 2.29 bits per heavy atom. The number of alkyl halides is 1. The summed E-state index contributed by atoms with van der Waals surface area (Å²) in [4.78, 5) is 3.32. The van der Waals surface area contributed by atoms with Crippen molar-refractivity contribution in [2.75, 3.05) is 26.3 Å². The molecule has 2 aliphatic rings. The smallest absolute Gasteiger partial charge is 0.0507 e. The van der Waals surface area contributed by atoms with Crippen molar-refractivity contribution in [3.05, 3.63) is 0 Å². The third-order valence-electron chi connectivity index (χ3n) is 3.54. The molecule has 3 unspecified atom stereocenters. The minimum Gasteiger partial charge on any atom is -0.381 e. The zero-order chi connectivity index (χ0) is 9.97. The standard InChI is InChI=1S/C11H20BrNO/c1-9-11(12)3-2-5-13(9)7-10-4-6-14-8-10/h9-11H,2-8H2,1H3. The molecule has 2 nitrogen and oxygen atoms in total. The molecule has 14 heavy (non-hydrogen) atoms. The van der Waals surface area contributed by atoms with E-state index >= 15 is 0 Å². The van der Waals surface area contributed by atoms with E-state index in [-0.39, 0.29) is 0 Å².